The smallest absolute Gasteiger partial charge is 0.191 e. The standard InChI is InChI=1S/C13H27N3O2.HI/c1-4-14-13(16-11(2)10-17-3)15-8-7-12-6-5-9-18-12;/h11-12H,4-10H2,1-3H3,(H2,14,15,16);1H. The first-order valence-electron chi connectivity index (χ1n) is 6.91. The Labute approximate surface area is 133 Å². The van der Waals surface area contributed by atoms with Crippen LogP contribution in [0.3, 0.4) is 0 Å². The predicted octanol–water partition coefficient (Wildman–Crippen LogP) is 1.76. The molecule has 0 radical (unpaired) electrons. The fourth-order valence-corrected chi connectivity index (χ4v) is 2.04. The van der Waals surface area contributed by atoms with Crippen LogP contribution in [0.25, 0.3) is 0 Å². The summed E-state index contributed by atoms with van der Waals surface area (Å²) < 4.78 is 10.7. The van der Waals surface area contributed by atoms with E-state index < -0.39 is 0 Å². The van der Waals surface area contributed by atoms with Gasteiger partial charge in [-0.05, 0) is 33.1 Å². The molecule has 0 aromatic rings. The second-order valence-electron chi connectivity index (χ2n) is 4.69. The van der Waals surface area contributed by atoms with Gasteiger partial charge in [-0.15, -0.1) is 24.0 Å². The zero-order valence-corrected chi connectivity index (χ0v) is 14.6. The van der Waals surface area contributed by atoms with E-state index in [0.29, 0.717) is 12.7 Å². The SMILES string of the molecule is CCNC(=NCCC1CCCO1)NC(C)COC.I. The Kier molecular flexibility index (Phi) is 11.7. The molecule has 0 aromatic carbocycles. The number of rotatable bonds is 7. The van der Waals surface area contributed by atoms with Crippen LogP contribution in [-0.2, 0) is 9.47 Å². The van der Waals surface area contributed by atoms with Crippen LogP contribution in [0.4, 0.5) is 0 Å². The summed E-state index contributed by atoms with van der Waals surface area (Å²) in [6.45, 7) is 7.41. The van der Waals surface area contributed by atoms with Crippen LogP contribution in [-0.4, -0.2) is 51.5 Å². The summed E-state index contributed by atoms with van der Waals surface area (Å²) in [5.41, 5.74) is 0. The Morgan fingerprint density at radius 2 is 2.32 bits per heavy atom. The molecule has 5 nitrogen and oxygen atoms in total. The molecule has 0 spiro atoms. The Bertz CT molecular complexity index is 246. The third-order valence-corrected chi connectivity index (χ3v) is 2.89. The summed E-state index contributed by atoms with van der Waals surface area (Å²) in [4.78, 5) is 4.56. The van der Waals surface area contributed by atoms with Crippen molar-refractivity contribution >= 4 is 29.9 Å². The largest absolute Gasteiger partial charge is 0.383 e. The van der Waals surface area contributed by atoms with Gasteiger partial charge >= 0.3 is 0 Å². The molecule has 0 amide bonds. The van der Waals surface area contributed by atoms with E-state index >= 15 is 0 Å². The van der Waals surface area contributed by atoms with Crippen LogP contribution in [0.1, 0.15) is 33.1 Å². The van der Waals surface area contributed by atoms with Crippen molar-refractivity contribution in [2.24, 2.45) is 4.99 Å². The molecule has 0 bridgehead atoms. The van der Waals surface area contributed by atoms with Gasteiger partial charge in [0.2, 0.25) is 0 Å². The number of hydrogen-bond donors (Lipinski definition) is 2. The lowest BCUT2D eigenvalue weighted by molar-refractivity contribution is 0.106. The number of nitrogens with one attached hydrogen (secondary N) is 2. The number of halogens is 1. The molecule has 1 saturated heterocycles. The Morgan fingerprint density at radius 1 is 1.53 bits per heavy atom. The molecule has 1 fully saturated rings. The minimum Gasteiger partial charge on any atom is -0.383 e. The van der Waals surface area contributed by atoms with Crippen molar-refractivity contribution < 1.29 is 9.47 Å². The van der Waals surface area contributed by atoms with Crippen LogP contribution in [0, 0.1) is 0 Å². The van der Waals surface area contributed by atoms with E-state index in [0.717, 1.165) is 32.1 Å². The second-order valence-corrected chi connectivity index (χ2v) is 4.69. The van der Waals surface area contributed by atoms with Gasteiger partial charge in [-0.3, -0.25) is 4.99 Å². The molecule has 1 aliphatic rings. The van der Waals surface area contributed by atoms with Gasteiger partial charge in [0.25, 0.3) is 0 Å². The molecular formula is C13H28IN3O2. The van der Waals surface area contributed by atoms with Gasteiger partial charge in [-0.25, -0.2) is 0 Å². The fourth-order valence-electron chi connectivity index (χ4n) is 2.04. The maximum absolute atomic E-state index is 5.58. The van der Waals surface area contributed by atoms with Crippen LogP contribution < -0.4 is 10.6 Å². The fraction of sp³-hybridized carbons (Fsp3) is 0.923. The molecule has 19 heavy (non-hydrogen) atoms. The van der Waals surface area contributed by atoms with Crippen molar-refractivity contribution in [3.63, 3.8) is 0 Å². The molecule has 1 rings (SSSR count). The third-order valence-electron chi connectivity index (χ3n) is 2.89. The van der Waals surface area contributed by atoms with E-state index in [2.05, 4.69) is 29.5 Å². The molecule has 0 aliphatic carbocycles. The first-order valence-corrected chi connectivity index (χ1v) is 6.91. The number of aliphatic imine (C=N–C) groups is 1. The molecule has 0 saturated carbocycles. The third kappa shape index (κ3) is 8.65. The predicted molar refractivity (Wildman–Crippen MR) is 89.5 cm³/mol. The van der Waals surface area contributed by atoms with Gasteiger partial charge in [0.1, 0.15) is 0 Å². The van der Waals surface area contributed by atoms with E-state index in [-0.39, 0.29) is 30.0 Å². The minimum atomic E-state index is 0. The molecule has 2 unspecified atom stereocenters. The number of methoxy groups -OCH3 is 1. The van der Waals surface area contributed by atoms with E-state index in [4.69, 9.17) is 9.47 Å². The van der Waals surface area contributed by atoms with Crippen molar-refractivity contribution in [1.82, 2.24) is 10.6 Å². The maximum atomic E-state index is 5.58. The van der Waals surface area contributed by atoms with E-state index in [9.17, 15) is 0 Å². The van der Waals surface area contributed by atoms with Gasteiger partial charge in [-0.2, -0.15) is 0 Å². The Morgan fingerprint density at radius 3 is 2.89 bits per heavy atom. The highest BCUT2D eigenvalue weighted by atomic mass is 127. The van der Waals surface area contributed by atoms with Gasteiger partial charge in [0.05, 0.1) is 12.7 Å². The lowest BCUT2D eigenvalue weighted by atomic mass is 10.2. The summed E-state index contributed by atoms with van der Waals surface area (Å²) in [7, 11) is 1.71. The van der Waals surface area contributed by atoms with Gasteiger partial charge in [-0.1, -0.05) is 0 Å². The molecule has 1 aliphatic heterocycles. The van der Waals surface area contributed by atoms with Crippen LogP contribution in [0.2, 0.25) is 0 Å². The monoisotopic (exact) mass is 385 g/mol. The highest BCUT2D eigenvalue weighted by Gasteiger charge is 2.14. The summed E-state index contributed by atoms with van der Waals surface area (Å²) in [6.07, 6.45) is 3.79. The summed E-state index contributed by atoms with van der Waals surface area (Å²) in [5.74, 6) is 0.861. The van der Waals surface area contributed by atoms with Gasteiger partial charge < -0.3 is 20.1 Å². The second kappa shape index (κ2) is 11.7. The highest BCUT2D eigenvalue weighted by molar-refractivity contribution is 14.0. The lowest BCUT2D eigenvalue weighted by Gasteiger charge is -2.17. The van der Waals surface area contributed by atoms with Crippen LogP contribution in [0.15, 0.2) is 4.99 Å². The molecule has 1 heterocycles. The Hall–Kier alpha value is -0.0800. The lowest BCUT2D eigenvalue weighted by Crippen LogP contribution is -2.44. The van der Waals surface area contributed by atoms with E-state index in [1.54, 1.807) is 7.11 Å². The number of hydrogen-bond acceptors (Lipinski definition) is 3. The molecule has 2 atom stereocenters. The highest BCUT2D eigenvalue weighted by Crippen LogP contribution is 2.14. The topological polar surface area (TPSA) is 54.9 Å². The molecule has 6 heteroatoms. The van der Waals surface area contributed by atoms with Crippen molar-refractivity contribution in [2.45, 2.75) is 45.3 Å². The van der Waals surface area contributed by atoms with Crippen LogP contribution >= 0.6 is 24.0 Å². The summed E-state index contributed by atoms with van der Waals surface area (Å²) >= 11 is 0. The minimum absolute atomic E-state index is 0. The van der Waals surface area contributed by atoms with E-state index in [1.165, 1.54) is 12.8 Å². The maximum Gasteiger partial charge on any atom is 0.191 e. The number of nitrogens with zero attached hydrogens (tertiary/aromatic N) is 1. The molecule has 2 N–H and O–H groups in total. The van der Waals surface area contributed by atoms with Crippen molar-refractivity contribution in [2.75, 3.05) is 33.4 Å². The van der Waals surface area contributed by atoms with Gasteiger partial charge in [0, 0.05) is 32.8 Å². The average Bonchev–Trinajstić information content (AvgIpc) is 2.82. The quantitative estimate of drug-likeness (QED) is 0.399. The summed E-state index contributed by atoms with van der Waals surface area (Å²) in [6, 6.07) is 0.260. The Balaban J connectivity index is 0.00000324. The van der Waals surface area contributed by atoms with Crippen LogP contribution in [0.5, 0.6) is 0 Å². The van der Waals surface area contributed by atoms with Crippen molar-refractivity contribution in [3.05, 3.63) is 0 Å². The average molecular weight is 385 g/mol. The molecule has 114 valence electrons. The number of ether oxygens (including phenoxy) is 2. The first-order chi connectivity index (χ1) is 8.76. The zero-order chi connectivity index (χ0) is 13.2. The van der Waals surface area contributed by atoms with Crippen molar-refractivity contribution in [1.29, 1.82) is 0 Å². The van der Waals surface area contributed by atoms with Crippen molar-refractivity contribution in [3.8, 4) is 0 Å². The molecule has 0 aromatic heterocycles. The zero-order valence-electron chi connectivity index (χ0n) is 12.3. The normalized spacial score (nSPS) is 20.8. The van der Waals surface area contributed by atoms with E-state index in [1.807, 2.05) is 0 Å². The number of guanidine groups is 1. The molecular weight excluding hydrogens is 357 g/mol. The summed E-state index contributed by atoms with van der Waals surface area (Å²) in [5, 5.41) is 6.56. The first kappa shape index (κ1) is 18.9. The van der Waals surface area contributed by atoms with Gasteiger partial charge in [0.15, 0.2) is 5.96 Å².